The molecule has 1 aliphatic heterocycles. The molecule has 1 heterocycles. The molecule has 19 heavy (non-hydrogen) atoms. The van der Waals surface area contributed by atoms with Crippen molar-refractivity contribution in [2.24, 2.45) is 0 Å². The first-order chi connectivity index (χ1) is 9.25. The Kier molecular flexibility index (Phi) is 3.56. The van der Waals surface area contributed by atoms with Crippen LogP contribution in [0.15, 0.2) is 24.3 Å². The van der Waals surface area contributed by atoms with E-state index in [1.807, 2.05) is 12.1 Å². The van der Waals surface area contributed by atoms with E-state index in [1.165, 1.54) is 31.4 Å². The average Bonchev–Trinajstić information content (AvgIpc) is 2.47. The van der Waals surface area contributed by atoms with Crippen molar-refractivity contribution in [2.45, 2.75) is 44.8 Å². The lowest BCUT2D eigenvalue weighted by Crippen LogP contribution is -2.52. The van der Waals surface area contributed by atoms with Crippen LogP contribution in [0.5, 0.6) is 0 Å². The molecule has 102 valence electrons. The number of hydrogen-bond donors (Lipinski definition) is 0. The Morgan fingerprint density at radius 2 is 1.95 bits per heavy atom. The molecule has 1 saturated heterocycles. The van der Waals surface area contributed by atoms with Crippen molar-refractivity contribution in [3.63, 3.8) is 0 Å². The number of hydrogen-bond acceptors (Lipinski definition) is 3. The summed E-state index contributed by atoms with van der Waals surface area (Å²) in [6.45, 7) is 3.39. The van der Waals surface area contributed by atoms with Crippen LogP contribution < -0.4 is 4.90 Å². The second kappa shape index (κ2) is 5.33. The maximum Gasteiger partial charge on any atom is 0.159 e. The van der Waals surface area contributed by atoms with Crippen molar-refractivity contribution in [3.05, 3.63) is 29.8 Å². The molecule has 0 aromatic heterocycles. The molecule has 0 radical (unpaired) electrons. The number of rotatable bonds is 2. The Balaban J connectivity index is 1.81. The van der Waals surface area contributed by atoms with Gasteiger partial charge in [-0.15, -0.1) is 0 Å². The number of carbonyl (C=O) groups is 1. The van der Waals surface area contributed by atoms with E-state index in [9.17, 15) is 4.79 Å². The van der Waals surface area contributed by atoms with E-state index in [4.69, 9.17) is 4.74 Å². The van der Waals surface area contributed by atoms with Crippen LogP contribution in [0, 0.1) is 0 Å². The number of fused-ring (bicyclic) bond motifs is 1. The van der Waals surface area contributed by atoms with Gasteiger partial charge in [0.15, 0.2) is 5.78 Å². The number of anilines is 1. The average molecular weight is 259 g/mol. The zero-order valence-corrected chi connectivity index (χ0v) is 11.5. The van der Waals surface area contributed by atoms with Gasteiger partial charge >= 0.3 is 0 Å². The lowest BCUT2D eigenvalue weighted by Gasteiger charge is -2.45. The van der Waals surface area contributed by atoms with E-state index in [1.54, 1.807) is 6.92 Å². The van der Waals surface area contributed by atoms with Gasteiger partial charge in [-0.1, -0.05) is 12.8 Å². The highest BCUT2D eigenvalue weighted by molar-refractivity contribution is 5.94. The van der Waals surface area contributed by atoms with E-state index in [2.05, 4.69) is 17.0 Å². The van der Waals surface area contributed by atoms with Crippen molar-refractivity contribution in [3.8, 4) is 0 Å². The van der Waals surface area contributed by atoms with Gasteiger partial charge in [-0.05, 0) is 44.0 Å². The molecule has 2 aliphatic rings. The van der Waals surface area contributed by atoms with Crippen LogP contribution in [-0.4, -0.2) is 31.1 Å². The normalized spacial score (nSPS) is 26.9. The minimum atomic E-state index is 0.129. The van der Waals surface area contributed by atoms with Crippen molar-refractivity contribution >= 4 is 11.5 Å². The number of morpholine rings is 1. The first-order valence-electron chi connectivity index (χ1n) is 7.25. The smallest absolute Gasteiger partial charge is 0.159 e. The molecule has 0 N–H and O–H groups in total. The molecule has 2 unspecified atom stereocenters. The van der Waals surface area contributed by atoms with Crippen molar-refractivity contribution in [2.75, 3.05) is 18.1 Å². The molecule has 0 bridgehead atoms. The van der Waals surface area contributed by atoms with Crippen LogP contribution in [0.4, 0.5) is 5.69 Å². The monoisotopic (exact) mass is 259 g/mol. The quantitative estimate of drug-likeness (QED) is 0.765. The van der Waals surface area contributed by atoms with Crippen LogP contribution in [-0.2, 0) is 4.74 Å². The summed E-state index contributed by atoms with van der Waals surface area (Å²) in [5.74, 6) is 0.129. The lowest BCUT2D eigenvalue weighted by molar-refractivity contribution is -0.00867. The minimum Gasteiger partial charge on any atom is -0.374 e. The van der Waals surface area contributed by atoms with Crippen LogP contribution >= 0.6 is 0 Å². The molecule has 0 spiro atoms. The molecule has 2 fully saturated rings. The predicted molar refractivity (Wildman–Crippen MR) is 75.8 cm³/mol. The molecule has 1 aromatic carbocycles. The van der Waals surface area contributed by atoms with Crippen LogP contribution in [0.1, 0.15) is 43.0 Å². The molecule has 0 amide bonds. The Labute approximate surface area is 114 Å². The summed E-state index contributed by atoms with van der Waals surface area (Å²) >= 11 is 0. The number of nitrogens with zero attached hydrogens (tertiary/aromatic N) is 1. The Bertz CT molecular complexity index is 452. The molecule has 3 rings (SSSR count). The summed E-state index contributed by atoms with van der Waals surface area (Å²) in [5, 5.41) is 0. The first kappa shape index (κ1) is 12.7. The fourth-order valence-electron chi connectivity index (χ4n) is 3.30. The maximum absolute atomic E-state index is 11.3. The van der Waals surface area contributed by atoms with E-state index < -0.39 is 0 Å². The largest absolute Gasteiger partial charge is 0.374 e. The fraction of sp³-hybridized carbons (Fsp3) is 0.562. The molecular weight excluding hydrogens is 238 g/mol. The van der Waals surface area contributed by atoms with Gasteiger partial charge in [0.1, 0.15) is 0 Å². The van der Waals surface area contributed by atoms with Crippen LogP contribution in [0.3, 0.4) is 0 Å². The SMILES string of the molecule is CC(=O)c1ccc(N2CCOC3CCCCC32)cc1. The van der Waals surface area contributed by atoms with Gasteiger partial charge < -0.3 is 9.64 Å². The summed E-state index contributed by atoms with van der Waals surface area (Å²) in [6, 6.07) is 8.54. The molecule has 3 nitrogen and oxygen atoms in total. The highest BCUT2D eigenvalue weighted by Gasteiger charge is 2.34. The molecule has 1 aliphatic carbocycles. The summed E-state index contributed by atoms with van der Waals surface area (Å²) in [6.07, 6.45) is 5.39. The van der Waals surface area contributed by atoms with Crippen LogP contribution in [0.2, 0.25) is 0 Å². The highest BCUT2D eigenvalue weighted by atomic mass is 16.5. The van der Waals surface area contributed by atoms with Gasteiger partial charge in [0.05, 0.1) is 18.8 Å². The summed E-state index contributed by atoms with van der Waals surface area (Å²) in [4.78, 5) is 13.8. The van der Waals surface area contributed by atoms with Crippen LogP contribution in [0.25, 0.3) is 0 Å². The number of carbonyl (C=O) groups excluding carboxylic acids is 1. The zero-order valence-electron chi connectivity index (χ0n) is 11.5. The zero-order chi connectivity index (χ0) is 13.2. The van der Waals surface area contributed by atoms with Gasteiger partial charge in [-0.25, -0.2) is 0 Å². The second-order valence-electron chi connectivity index (χ2n) is 5.56. The van der Waals surface area contributed by atoms with Gasteiger partial charge in [0.2, 0.25) is 0 Å². The van der Waals surface area contributed by atoms with E-state index in [0.717, 1.165) is 18.7 Å². The molecule has 1 aromatic rings. The molecule has 2 atom stereocenters. The maximum atomic E-state index is 11.3. The Morgan fingerprint density at radius 1 is 1.21 bits per heavy atom. The number of Topliss-reactive ketones (excluding diaryl/α,β-unsaturated/α-hetero) is 1. The topological polar surface area (TPSA) is 29.5 Å². The number of ketones is 1. The van der Waals surface area contributed by atoms with E-state index in [0.29, 0.717) is 12.1 Å². The summed E-state index contributed by atoms with van der Waals surface area (Å²) < 4.78 is 5.90. The predicted octanol–water partition coefficient (Wildman–Crippen LogP) is 3.04. The van der Waals surface area contributed by atoms with Gasteiger partial charge in [-0.2, -0.15) is 0 Å². The van der Waals surface area contributed by atoms with E-state index in [-0.39, 0.29) is 5.78 Å². The standard InChI is InChI=1S/C16H21NO2/c1-12(18)13-6-8-14(9-7-13)17-10-11-19-16-5-3-2-4-15(16)17/h6-9,15-16H,2-5,10-11H2,1H3. The van der Waals surface area contributed by atoms with E-state index >= 15 is 0 Å². The fourth-order valence-corrected chi connectivity index (χ4v) is 3.30. The second-order valence-corrected chi connectivity index (χ2v) is 5.56. The Hall–Kier alpha value is -1.35. The van der Waals surface area contributed by atoms with Gasteiger partial charge in [-0.3, -0.25) is 4.79 Å². The molecule has 1 saturated carbocycles. The minimum absolute atomic E-state index is 0.129. The van der Waals surface area contributed by atoms with Crippen molar-refractivity contribution < 1.29 is 9.53 Å². The number of ether oxygens (including phenoxy) is 1. The lowest BCUT2D eigenvalue weighted by atomic mass is 9.89. The Morgan fingerprint density at radius 3 is 2.68 bits per heavy atom. The van der Waals surface area contributed by atoms with Crippen molar-refractivity contribution in [1.82, 2.24) is 0 Å². The number of benzene rings is 1. The molecule has 3 heteroatoms. The van der Waals surface area contributed by atoms with Crippen molar-refractivity contribution in [1.29, 1.82) is 0 Å². The highest BCUT2D eigenvalue weighted by Crippen LogP contribution is 2.32. The third-order valence-electron chi connectivity index (χ3n) is 4.34. The third-order valence-corrected chi connectivity index (χ3v) is 4.34. The summed E-state index contributed by atoms with van der Waals surface area (Å²) in [7, 11) is 0. The molecular formula is C16H21NO2. The summed E-state index contributed by atoms with van der Waals surface area (Å²) in [5.41, 5.74) is 2.02. The van der Waals surface area contributed by atoms with Gasteiger partial charge in [0.25, 0.3) is 0 Å². The first-order valence-corrected chi connectivity index (χ1v) is 7.25. The third kappa shape index (κ3) is 2.52. The van der Waals surface area contributed by atoms with Gasteiger partial charge in [0, 0.05) is 17.8 Å².